The largest absolute Gasteiger partial charge is 0.493 e. The summed E-state index contributed by atoms with van der Waals surface area (Å²) in [6.07, 6.45) is 2.51. The van der Waals surface area contributed by atoms with Gasteiger partial charge >= 0.3 is 5.97 Å². The van der Waals surface area contributed by atoms with Crippen LogP contribution < -0.4 is 20.3 Å². The van der Waals surface area contributed by atoms with Crippen molar-refractivity contribution in [3.05, 3.63) is 89.1 Å². The lowest BCUT2D eigenvalue weighted by atomic mass is 9.88. The van der Waals surface area contributed by atoms with Crippen LogP contribution in [0.4, 0.5) is 5.69 Å². The number of carboxylic acid groups (broad SMARTS) is 1. The molecular formula is C31H28N4O4. The third kappa shape index (κ3) is 4.59. The zero-order valence-electron chi connectivity index (χ0n) is 21.8. The van der Waals surface area contributed by atoms with E-state index in [0.29, 0.717) is 19.1 Å². The van der Waals surface area contributed by atoms with E-state index in [0.717, 1.165) is 67.5 Å². The Morgan fingerprint density at radius 2 is 1.95 bits per heavy atom. The van der Waals surface area contributed by atoms with Gasteiger partial charge in [0, 0.05) is 42.1 Å². The lowest BCUT2D eigenvalue weighted by molar-refractivity contribution is -0.136. The van der Waals surface area contributed by atoms with Crippen LogP contribution >= 0.6 is 0 Å². The molecule has 196 valence electrons. The van der Waals surface area contributed by atoms with E-state index in [-0.39, 0.29) is 6.42 Å². The monoisotopic (exact) mass is 520 g/mol. The minimum Gasteiger partial charge on any atom is -0.493 e. The van der Waals surface area contributed by atoms with E-state index in [1.54, 1.807) is 12.1 Å². The second-order valence-corrected chi connectivity index (χ2v) is 9.80. The van der Waals surface area contributed by atoms with Gasteiger partial charge in [0.1, 0.15) is 12.4 Å². The Balaban J connectivity index is 1.45. The van der Waals surface area contributed by atoms with Gasteiger partial charge in [-0.3, -0.25) is 9.78 Å². The molecule has 2 aromatic heterocycles. The molecule has 0 atom stereocenters. The number of benzene rings is 3. The van der Waals surface area contributed by atoms with Gasteiger partial charge in [0.05, 0.1) is 29.7 Å². The zero-order chi connectivity index (χ0) is 27.1. The Morgan fingerprint density at radius 1 is 1.13 bits per heavy atom. The van der Waals surface area contributed by atoms with Crippen LogP contribution in [-0.4, -0.2) is 34.7 Å². The minimum atomic E-state index is -0.891. The number of hydrogen-bond donors (Lipinski definition) is 2. The van der Waals surface area contributed by atoms with Crippen molar-refractivity contribution in [2.24, 2.45) is 5.84 Å². The lowest BCUT2D eigenvalue weighted by Crippen LogP contribution is -2.24. The first kappa shape index (κ1) is 24.6. The number of hydrogen-bond acceptors (Lipinski definition) is 7. The normalized spacial score (nSPS) is 12.4. The summed E-state index contributed by atoms with van der Waals surface area (Å²) in [6.45, 7) is 2.91. The first-order chi connectivity index (χ1) is 18.9. The smallest absolute Gasteiger partial charge is 0.307 e. The fourth-order valence-electron chi connectivity index (χ4n) is 5.28. The number of carboxylic acids is 1. The van der Waals surface area contributed by atoms with Crippen LogP contribution in [0.5, 0.6) is 11.6 Å². The maximum absolute atomic E-state index is 11.9. The maximum Gasteiger partial charge on any atom is 0.307 e. The molecule has 39 heavy (non-hydrogen) atoms. The molecule has 0 amide bonds. The third-order valence-corrected chi connectivity index (χ3v) is 7.20. The van der Waals surface area contributed by atoms with Crippen LogP contribution in [0.1, 0.15) is 22.3 Å². The molecule has 8 nitrogen and oxygen atoms in total. The summed E-state index contributed by atoms with van der Waals surface area (Å²) in [5.41, 5.74) is 7.90. The molecule has 1 aliphatic heterocycles. The highest BCUT2D eigenvalue weighted by Crippen LogP contribution is 2.42. The first-order valence-corrected chi connectivity index (χ1v) is 12.8. The number of aliphatic carboxylic acids is 1. The minimum absolute atomic E-state index is 0.108. The molecule has 1 aliphatic rings. The van der Waals surface area contributed by atoms with E-state index < -0.39 is 5.97 Å². The molecule has 6 rings (SSSR count). The van der Waals surface area contributed by atoms with E-state index in [9.17, 15) is 9.90 Å². The number of aromatic nitrogens is 2. The number of nitrogens with zero attached hydrogens (tertiary/aromatic N) is 3. The molecular weight excluding hydrogens is 492 g/mol. The van der Waals surface area contributed by atoms with Crippen molar-refractivity contribution >= 4 is 33.5 Å². The summed E-state index contributed by atoms with van der Waals surface area (Å²) in [4.78, 5) is 21.5. The van der Waals surface area contributed by atoms with Gasteiger partial charge in [-0.05, 0) is 77.2 Å². The summed E-state index contributed by atoms with van der Waals surface area (Å²) >= 11 is 0. The number of fused-ring (bicyclic) bond motifs is 1. The van der Waals surface area contributed by atoms with Gasteiger partial charge in [-0.2, -0.15) is 0 Å². The fourth-order valence-corrected chi connectivity index (χ4v) is 5.28. The van der Waals surface area contributed by atoms with Crippen LogP contribution in [0.3, 0.4) is 0 Å². The highest BCUT2D eigenvalue weighted by atomic mass is 16.5. The second-order valence-electron chi connectivity index (χ2n) is 9.80. The lowest BCUT2D eigenvalue weighted by Gasteiger charge is -2.21. The number of carbonyl (C=O) groups is 1. The predicted molar refractivity (Wildman–Crippen MR) is 151 cm³/mol. The fraction of sp³-hybridized carbons (Fsp3) is 0.194. The average molecular weight is 521 g/mol. The van der Waals surface area contributed by atoms with Gasteiger partial charge in [0.2, 0.25) is 5.88 Å². The van der Waals surface area contributed by atoms with E-state index >= 15 is 0 Å². The van der Waals surface area contributed by atoms with Crippen molar-refractivity contribution in [1.82, 2.24) is 9.97 Å². The van der Waals surface area contributed by atoms with Gasteiger partial charge in [0.15, 0.2) is 0 Å². The molecule has 0 radical (unpaired) electrons. The summed E-state index contributed by atoms with van der Waals surface area (Å²) in [7, 11) is 1.79. The van der Waals surface area contributed by atoms with Crippen molar-refractivity contribution in [2.45, 2.75) is 26.4 Å². The molecule has 0 saturated heterocycles. The van der Waals surface area contributed by atoms with E-state index in [4.69, 9.17) is 25.3 Å². The molecule has 0 spiro atoms. The SMILES string of the molecule is Cc1cc2nc(OCc3ccc(N(C)N)cc3)ccc2c(-c2ccc3c4c(ccnc24)CCO3)c1CC(=O)O. The van der Waals surface area contributed by atoms with Crippen LogP contribution in [0.2, 0.25) is 0 Å². The molecule has 3 N–H and O–H groups in total. The van der Waals surface area contributed by atoms with Crippen LogP contribution in [0, 0.1) is 6.92 Å². The van der Waals surface area contributed by atoms with Gasteiger partial charge < -0.3 is 19.6 Å². The number of rotatable bonds is 7. The summed E-state index contributed by atoms with van der Waals surface area (Å²) < 4.78 is 11.9. The highest BCUT2D eigenvalue weighted by molar-refractivity contribution is 6.07. The van der Waals surface area contributed by atoms with E-state index in [1.807, 2.05) is 73.8 Å². The molecule has 0 saturated carbocycles. The first-order valence-electron chi connectivity index (χ1n) is 12.8. The molecule has 0 fully saturated rings. The second kappa shape index (κ2) is 9.89. The van der Waals surface area contributed by atoms with Crippen molar-refractivity contribution < 1.29 is 19.4 Å². The van der Waals surface area contributed by atoms with Gasteiger partial charge in [0.25, 0.3) is 0 Å². The Kier molecular flexibility index (Phi) is 6.24. The molecule has 5 aromatic rings. The summed E-state index contributed by atoms with van der Waals surface area (Å²) in [6, 6.07) is 19.5. The summed E-state index contributed by atoms with van der Waals surface area (Å²) in [5, 5.41) is 13.2. The average Bonchev–Trinajstić information content (AvgIpc) is 2.93. The Hall–Kier alpha value is -4.69. The standard InChI is InChI=1S/C31H28N4O4/c1-18-15-25-22(8-10-27(34-25)39-17-19-3-5-21(6-4-19)35(2)32)30(24(18)16-28(36)37)23-7-9-26-29-20(12-14-38-26)11-13-33-31(23)29/h3-11,13,15H,12,14,16-17,32H2,1-2H3,(H,36,37). The topological polar surface area (TPSA) is 111 Å². The summed E-state index contributed by atoms with van der Waals surface area (Å²) in [5.74, 6) is 6.19. The van der Waals surface area contributed by atoms with Crippen molar-refractivity contribution in [3.63, 3.8) is 0 Å². The zero-order valence-corrected chi connectivity index (χ0v) is 21.8. The van der Waals surface area contributed by atoms with Crippen molar-refractivity contribution in [2.75, 3.05) is 18.7 Å². The van der Waals surface area contributed by atoms with Crippen LogP contribution in [0.25, 0.3) is 32.9 Å². The highest BCUT2D eigenvalue weighted by Gasteiger charge is 2.22. The Morgan fingerprint density at radius 3 is 2.72 bits per heavy atom. The number of hydrazine groups is 1. The van der Waals surface area contributed by atoms with Crippen LogP contribution in [-0.2, 0) is 24.2 Å². The van der Waals surface area contributed by atoms with Crippen molar-refractivity contribution in [3.8, 4) is 22.8 Å². The number of nitrogens with two attached hydrogens (primary N) is 1. The Labute approximate surface area is 225 Å². The molecule has 0 aliphatic carbocycles. The number of anilines is 1. The number of aryl methyl sites for hydroxylation is 1. The van der Waals surface area contributed by atoms with E-state index in [1.165, 1.54) is 5.56 Å². The van der Waals surface area contributed by atoms with Crippen molar-refractivity contribution in [1.29, 1.82) is 0 Å². The molecule has 0 unspecified atom stereocenters. The molecule has 3 aromatic carbocycles. The van der Waals surface area contributed by atoms with Crippen LogP contribution in [0.15, 0.2) is 66.9 Å². The molecule has 8 heteroatoms. The Bertz CT molecular complexity index is 1720. The molecule has 3 heterocycles. The van der Waals surface area contributed by atoms with Gasteiger partial charge in [-0.15, -0.1) is 0 Å². The maximum atomic E-state index is 11.9. The predicted octanol–water partition coefficient (Wildman–Crippen LogP) is 5.21. The molecule has 0 bridgehead atoms. The van der Waals surface area contributed by atoms with Gasteiger partial charge in [-0.25, -0.2) is 10.8 Å². The van der Waals surface area contributed by atoms with E-state index in [2.05, 4.69) is 0 Å². The third-order valence-electron chi connectivity index (χ3n) is 7.20. The van der Waals surface area contributed by atoms with Gasteiger partial charge in [-0.1, -0.05) is 12.1 Å². The quantitative estimate of drug-likeness (QED) is 0.222. The number of ether oxygens (including phenoxy) is 2. The number of pyridine rings is 2.